The van der Waals surface area contributed by atoms with Gasteiger partial charge in [-0.05, 0) is 18.1 Å². The van der Waals surface area contributed by atoms with Gasteiger partial charge < -0.3 is 10.1 Å². The molecule has 4 nitrogen and oxygen atoms in total. The Morgan fingerprint density at radius 3 is 2.67 bits per heavy atom. The normalized spacial score (nSPS) is 12.0. The van der Waals surface area contributed by atoms with E-state index in [1.54, 1.807) is 6.92 Å². The van der Waals surface area contributed by atoms with Crippen LogP contribution in [-0.4, -0.2) is 21.0 Å². The smallest absolute Gasteiger partial charge is 0.417 e. The van der Waals surface area contributed by atoms with Gasteiger partial charge in [-0.1, -0.05) is 6.92 Å². The van der Waals surface area contributed by atoms with Gasteiger partial charge in [-0.15, -0.1) is 0 Å². The van der Waals surface area contributed by atoms with Gasteiger partial charge in [0.05, 0.1) is 5.56 Å². The predicted molar refractivity (Wildman–Crippen MR) is 57.4 cm³/mol. The van der Waals surface area contributed by atoms with Crippen LogP contribution in [0.4, 0.5) is 13.2 Å². The van der Waals surface area contributed by atoms with Crippen molar-refractivity contribution in [1.29, 1.82) is 0 Å². The molecule has 2 heterocycles. The Kier molecular flexibility index (Phi) is 2.76. The lowest BCUT2D eigenvalue weighted by Gasteiger charge is -2.05. The second-order valence-corrected chi connectivity index (χ2v) is 3.76. The number of halogens is 3. The van der Waals surface area contributed by atoms with Crippen LogP contribution in [0.25, 0.3) is 11.0 Å². The first-order chi connectivity index (χ1) is 8.34. The van der Waals surface area contributed by atoms with Crippen LogP contribution in [0.3, 0.4) is 0 Å². The number of pyridine rings is 1. The first-order valence-electron chi connectivity index (χ1n) is 5.15. The number of nitrogens with one attached hydrogen (secondary N) is 1. The highest BCUT2D eigenvalue weighted by atomic mass is 19.4. The lowest BCUT2D eigenvalue weighted by molar-refractivity contribution is -0.137. The topological polar surface area (TPSA) is 66.0 Å². The summed E-state index contributed by atoms with van der Waals surface area (Å²) in [7, 11) is 0. The van der Waals surface area contributed by atoms with Crippen LogP contribution < -0.4 is 0 Å². The Hall–Kier alpha value is -2.05. The molecule has 2 N–H and O–H groups in total. The lowest BCUT2D eigenvalue weighted by Crippen LogP contribution is -2.05. The number of alkyl halides is 3. The van der Waals surface area contributed by atoms with Gasteiger partial charge in [-0.2, -0.15) is 13.2 Å². The fourth-order valence-corrected chi connectivity index (χ4v) is 1.83. The number of fused-ring (bicyclic) bond motifs is 1. The minimum absolute atomic E-state index is 0.112. The first-order valence-corrected chi connectivity index (χ1v) is 5.15. The SMILES string of the molecule is CCc1c(C(=O)O)[nH]c2ncc(C(F)(F)F)cc12. The van der Waals surface area contributed by atoms with Crippen molar-refractivity contribution in [2.75, 3.05) is 0 Å². The first kappa shape index (κ1) is 12.4. The molecule has 0 bridgehead atoms. The van der Waals surface area contributed by atoms with E-state index >= 15 is 0 Å². The van der Waals surface area contributed by atoms with Crippen LogP contribution >= 0.6 is 0 Å². The standard InChI is InChI=1S/C11H9F3N2O2/c1-2-6-7-3-5(11(12,13)14)4-15-9(7)16-8(6)10(17)18/h3-4H,2H2,1H3,(H,15,16)(H,17,18). The fourth-order valence-electron chi connectivity index (χ4n) is 1.83. The van der Waals surface area contributed by atoms with E-state index in [1.807, 2.05) is 0 Å². The van der Waals surface area contributed by atoms with E-state index in [2.05, 4.69) is 9.97 Å². The molecule has 0 aliphatic rings. The summed E-state index contributed by atoms with van der Waals surface area (Å²) in [5.74, 6) is -1.21. The third-order valence-electron chi connectivity index (χ3n) is 2.65. The number of carbonyl (C=O) groups is 1. The molecule has 2 aromatic heterocycles. The number of hydrogen-bond donors (Lipinski definition) is 2. The quantitative estimate of drug-likeness (QED) is 0.870. The van der Waals surface area contributed by atoms with Crippen LogP contribution in [0.1, 0.15) is 28.5 Å². The molecule has 0 radical (unpaired) electrons. The molecular weight excluding hydrogens is 249 g/mol. The van der Waals surface area contributed by atoms with Gasteiger partial charge in [0.25, 0.3) is 0 Å². The Balaban J connectivity index is 2.72. The summed E-state index contributed by atoms with van der Waals surface area (Å²) in [6.07, 6.45) is -3.50. The molecule has 0 unspecified atom stereocenters. The molecule has 0 aromatic carbocycles. The van der Waals surface area contributed by atoms with Gasteiger partial charge >= 0.3 is 12.1 Å². The number of hydrogen-bond acceptors (Lipinski definition) is 2. The second kappa shape index (κ2) is 4.01. The molecule has 7 heteroatoms. The zero-order valence-corrected chi connectivity index (χ0v) is 9.30. The van der Waals surface area contributed by atoms with E-state index in [1.165, 1.54) is 0 Å². The molecule has 0 spiro atoms. The molecular formula is C11H9F3N2O2. The molecule has 2 rings (SSSR count). The maximum atomic E-state index is 12.6. The number of aromatic amines is 1. The van der Waals surface area contributed by atoms with Crippen molar-refractivity contribution in [3.05, 3.63) is 29.1 Å². The maximum Gasteiger partial charge on any atom is 0.417 e. The number of aromatic carboxylic acids is 1. The van der Waals surface area contributed by atoms with Crippen LogP contribution in [0.5, 0.6) is 0 Å². The summed E-state index contributed by atoms with van der Waals surface area (Å²) in [5, 5.41) is 9.14. The van der Waals surface area contributed by atoms with E-state index in [-0.39, 0.29) is 16.7 Å². The Labute approximate surface area is 99.5 Å². The summed E-state index contributed by atoms with van der Waals surface area (Å²) < 4.78 is 37.7. The van der Waals surface area contributed by atoms with Gasteiger partial charge in [0.2, 0.25) is 0 Å². The largest absolute Gasteiger partial charge is 0.477 e. The van der Waals surface area contributed by atoms with E-state index < -0.39 is 17.7 Å². The molecule has 0 amide bonds. The average molecular weight is 258 g/mol. The average Bonchev–Trinajstić information content (AvgIpc) is 2.65. The maximum absolute atomic E-state index is 12.6. The number of H-pyrrole nitrogens is 1. The van der Waals surface area contributed by atoms with E-state index in [9.17, 15) is 18.0 Å². The van der Waals surface area contributed by atoms with Crippen LogP contribution in [0.15, 0.2) is 12.3 Å². The Bertz CT molecular complexity index is 617. The van der Waals surface area contributed by atoms with Gasteiger partial charge in [-0.3, -0.25) is 0 Å². The molecule has 2 aromatic rings. The zero-order valence-electron chi connectivity index (χ0n) is 9.30. The molecule has 0 aliphatic carbocycles. The van der Waals surface area contributed by atoms with E-state index in [4.69, 9.17) is 5.11 Å². The minimum Gasteiger partial charge on any atom is -0.477 e. The Morgan fingerprint density at radius 1 is 1.50 bits per heavy atom. The van der Waals surface area contributed by atoms with Gasteiger partial charge in [0, 0.05) is 11.6 Å². The lowest BCUT2D eigenvalue weighted by atomic mass is 10.1. The molecule has 0 saturated carbocycles. The molecule has 0 atom stereocenters. The van der Waals surface area contributed by atoms with Crippen LogP contribution in [0.2, 0.25) is 0 Å². The molecule has 0 saturated heterocycles. The van der Waals surface area contributed by atoms with Crippen LogP contribution in [0, 0.1) is 0 Å². The van der Waals surface area contributed by atoms with Crippen molar-refractivity contribution in [3.63, 3.8) is 0 Å². The van der Waals surface area contributed by atoms with Crippen molar-refractivity contribution < 1.29 is 23.1 Å². The van der Waals surface area contributed by atoms with Crippen molar-refractivity contribution >= 4 is 17.0 Å². The Morgan fingerprint density at radius 2 is 2.17 bits per heavy atom. The van der Waals surface area contributed by atoms with Crippen molar-refractivity contribution in [2.24, 2.45) is 0 Å². The predicted octanol–water partition coefficient (Wildman–Crippen LogP) is 2.84. The molecule has 18 heavy (non-hydrogen) atoms. The summed E-state index contributed by atoms with van der Waals surface area (Å²) in [5.41, 5.74) is -0.520. The number of nitrogens with zero attached hydrogens (tertiary/aromatic N) is 1. The number of aromatic nitrogens is 2. The van der Waals surface area contributed by atoms with E-state index in [0.29, 0.717) is 18.2 Å². The second-order valence-electron chi connectivity index (χ2n) is 3.76. The summed E-state index contributed by atoms with van der Waals surface area (Å²) in [6, 6.07) is 0.921. The molecule has 0 fully saturated rings. The number of rotatable bonds is 2. The van der Waals surface area contributed by atoms with Crippen molar-refractivity contribution in [2.45, 2.75) is 19.5 Å². The van der Waals surface area contributed by atoms with Gasteiger partial charge in [0.1, 0.15) is 11.3 Å². The molecule has 96 valence electrons. The number of carboxylic acid groups (broad SMARTS) is 1. The van der Waals surface area contributed by atoms with Crippen LogP contribution in [-0.2, 0) is 12.6 Å². The minimum atomic E-state index is -4.49. The number of aryl methyl sites for hydroxylation is 1. The monoisotopic (exact) mass is 258 g/mol. The molecule has 0 aliphatic heterocycles. The highest BCUT2D eigenvalue weighted by Gasteiger charge is 2.32. The van der Waals surface area contributed by atoms with E-state index in [0.717, 1.165) is 6.07 Å². The summed E-state index contributed by atoms with van der Waals surface area (Å²) in [6.45, 7) is 1.68. The summed E-state index contributed by atoms with van der Waals surface area (Å²) in [4.78, 5) is 17.1. The highest BCUT2D eigenvalue weighted by Crippen LogP contribution is 2.32. The third kappa shape index (κ3) is 1.92. The third-order valence-corrected chi connectivity index (χ3v) is 2.65. The van der Waals surface area contributed by atoms with Crippen molar-refractivity contribution in [3.8, 4) is 0 Å². The zero-order chi connectivity index (χ0) is 13.5. The summed E-state index contributed by atoms with van der Waals surface area (Å²) >= 11 is 0. The highest BCUT2D eigenvalue weighted by molar-refractivity contribution is 5.96. The number of carboxylic acids is 1. The van der Waals surface area contributed by atoms with Gasteiger partial charge in [0.15, 0.2) is 0 Å². The van der Waals surface area contributed by atoms with Crippen molar-refractivity contribution in [1.82, 2.24) is 9.97 Å². The van der Waals surface area contributed by atoms with Gasteiger partial charge in [-0.25, -0.2) is 9.78 Å². The fraction of sp³-hybridized carbons (Fsp3) is 0.273.